The molecule has 0 atom stereocenters. The topological polar surface area (TPSA) is 88.9 Å². The number of aliphatic carboxylic acids is 1. The summed E-state index contributed by atoms with van der Waals surface area (Å²) in [5, 5.41) is 21.2. The molecule has 0 aliphatic rings. The maximum absolute atomic E-state index is 10.9. The van der Waals surface area contributed by atoms with E-state index in [-0.39, 0.29) is 12.3 Å². The van der Waals surface area contributed by atoms with Crippen LogP contribution in [0.25, 0.3) is 10.9 Å². The molecule has 4 rings (SSSR count). The van der Waals surface area contributed by atoms with Gasteiger partial charge in [0.05, 0.1) is 22.5 Å². The van der Waals surface area contributed by atoms with Crippen LogP contribution in [0.2, 0.25) is 5.02 Å². The largest absolute Gasteiger partial charge is 0.494 e. The highest BCUT2D eigenvalue weighted by Gasteiger charge is 2.19. The second-order valence-corrected chi connectivity index (χ2v) is 9.60. The summed E-state index contributed by atoms with van der Waals surface area (Å²) in [6, 6.07) is 21.3. The molecule has 186 valence electrons. The van der Waals surface area contributed by atoms with Crippen LogP contribution in [0, 0.1) is 0 Å². The van der Waals surface area contributed by atoms with Crippen LogP contribution in [0.15, 0.2) is 71.7 Å². The van der Waals surface area contributed by atoms with Gasteiger partial charge in [-0.3, -0.25) is 4.79 Å². The van der Waals surface area contributed by atoms with Gasteiger partial charge < -0.3 is 20.1 Å². The Morgan fingerprint density at radius 2 is 1.64 bits per heavy atom. The Morgan fingerprint density at radius 3 is 2.31 bits per heavy atom. The molecule has 7 heteroatoms. The summed E-state index contributed by atoms with van der Waals surface area (Å²) in [7, 11) is 4.15. The van der Waals surface area contributed by atoms with Gasteiger partial charge in [-0.15, -0.1) is 0 Å². The number of aromatic nitrogens is 1. The zero-order valence-electron chi connectivity index (χ0n) is 20.5. The molecule has 0 bridgehead atoms. The van der Waals surface area contributed by atoms with Crippen LogP contribution in [-0.2, 0) is 17.6 Å². The monoisotopic (exact) mass is 503 g/mol. The van der Waals surface area contributed by atoms with E-state index in [0.29, 0.717) is 22.7 Å². The van der Waals surface area contributed by atoms with Crippen molar-refractivity contribution in [2.45, 2.75) is 25.7 Å². The van der Waals surface area contributed by atoms with Gasteiger partial charge in [-0.2, -0.15) is 0 Å². The molecule has 4 aromatic rings. The molecular formula is C29H30ClN3O3. The van der Waals surface area contributed by atoms with Gasteiger partial charge in [0.2, 0.25) is 0 Å². The number of aryl methyl sites for hydroxylation is 2. The fraction of sp³-hybridized carbons (Fsp3) is 0.241. The Bertz CT molecular complexity index is 1370. The first kappa shape index (κ1) is 25.5. The van der Waals surface area contributed by atoms with Gasteiger partial charge in [0, 0.05) is 22.4 Å². The van der Waals surface area contributed by atoms with E-state index in [1.807, 2.05) is 42.5 Å². The number of H-pyrrole nitrogens is 1. The minimum atomic E-state index is -0.825. The van der Waals surface area contributed by atoms with Crippen LogP contribution in [0.4, 0.5) is 5.69 Å². The van der Waals surface area contributed by atoms with Gasteiger partial charge in [0.25, 0.3) is 0 Å². The smallest absolute Gasteiger partial charge is 0.303 e. The SMILES string of the molecule is CN(C)CCCc1ccc(N=C(c2ccc(CCC(=O)O)cc2)c2c(O)[nH]c3cc(Cl)ccc23)cc1. The first-order valence-corrected chi connectivity index (χ1v) is 12.3. The van der Waals surface area contributed by atoms with Gasteiger partial charge in [0.1, 0.15) is 0 Å². The van der Waals surface area contributed by atoms with Crippen molar-refractivity contribution in [1.29, 1.82) is 0 Å². The number of carboxylic acid groups (broad SMARTS) is 1. The zero-order valence-corrected chi connectivity index (χ0v) is 21.2. The van der Waals surface area contributed by atoms with E-state index in [1.54, 1.807) is 12.1 Å². The normalized spacial score (nSPS) is 11.9. The van der Waals surface area contributed by atoms with Crippen molar-refractivity contribution in [2.24, 2.45) is 4.99 Å². The molecule has 0 spiro atoms. The number of carboxylic acids is 1. The molecule has 36 heavy (non-hydrogen) atoms. The molecule has 0 amide bonds. The van der Waals surface area contributed by atoms with Gasteiger partial charge in [-0.25, -0.2) is 4.99 Å². The third-order valence-corrected chi connectivity index (χ3v) is 6.32. The minimum absolute atomic E-state index is 0.0151. The number of aliphatic imine (C=N–C) groups is 1. The van der Waals surface area contributed by atoms with E-state index in [1.165, 1.54) is 5.56 Å². The molecule has 0 fully saturated rings. The Kier molecular flexibility index (Phi) is 8.08. The second kappa shape index (κ2) is 11.4. The molecule has 0 aliphatic carbocycles. The fourth-order valence-corrected chi connectivity index (χ4v) is 4.38. The molecule has 6 nitrogen and oxygen atoms in total. The van der Waals surface area contributed by atoms with E-state index in [4.69, 9.17) is 21.7 Å². The second-order valence-electron chi connectivity index (χ2n) is 9.16. The number of aromatic hydroxyl groups is 1. The standard InChI is InChI=1S/C29H30ClN3O3/c1-33(2)17-3-4-19-7-13-23(14-8-19)31-28(21-10-5-20(6-11-21)9-16-26(34)35)27-24-15-12-22(30)18-25(24)32-29(27)36/h5-8,10-15,18,32,36H,3-4,9,16-17H2,1-2H3,(H,34,35). The number of fused-ring (bicyclic) bond motifs is 1. The summed E-state index contributed by atoms with van der Waals surface area (Å²) in [4.78, 5) is 21.1. The third-order valence-electron chi connectivity index (χ3n) is 6.08. The summed E-state index contributed by atoms with van der Waals surface area (Å²) in [6.07, 6.45) is 2.61. The highest BCUT2D eigenvalue weighted by atomic mass is 35.5. The summed E-state index contributed by atoms with van der Waals surface area (Å²) >= 11 is 6.17. The summed E-state index contributed by atoms with van der Waals surface area (Å²) in [5.41, 5.74) is 5.70. The Labute approximate surface area is 215 Å². The average molecular weight is 504 g/mol. The van der Waals surface area contributed by atoms with Gasteiger partial charge in [-0.05, 0) is 75.3 Å². The first-order valence-electron chi connectivity index (χ1n) is 11.9. The van der Waals surface area contributed by atoms with Gasteiger partial charge in [0.15, 0.2) is 5.88 Å². The highest BCUT2D eigenvalue weighted by molar-refractivity contribution is 6.31. The Hall–Kier alpha value is -3.61. The molecule has 3 aromatic carbocycles. The predicted octanol–water partition coefficient (Wildman–Crippen LogP) is 6.21. The number of hydrogen-bond donors (Lipinski definition) is 3. The lowest BCUT2D eigenvalue weighted by atomic mass is 9.98. The van der Waals surface area contributed by atoms with Gasteiger partial charge >= 0.3 is 5.97 Å². The van der Waals surface area contributed by atoms with Crippen LogP contribution in [0.3, 0.4) is 0 Å². The number of carbonyl (C=O) groups is 1. The fourth-order valence-electron chi connectivity index (χ4n) is 4.21. The average Bonchev–Trinajstić information content (AvgIpc) is 3.16. The Balaban J connectivity index is 1.72. The number of aromatic amines is 1. The van der Waals surface area contributed by atoms with Crippen LogP contribution in [-0.4, -0.2) is 52.4 Å². The van der Waals surface area contributed by atoms with Crippen LogP contribution in [0.1, 0.15) is 35.1 Å². The third kappa shape index (κ3) is 6.33. The van der Waals surface area contributed by atoms with Crippen LogP contribution < -0.4 is 0 Å². The van der Waals surface area contributed by atoms with E-state index in [0.717, 1.165) is 47.1 Å². The lowest BCUT2D eigenvalue weighted by molar-refractivity contribution is -0.136. The lowest BCUT2D eigenvalue weighted by Crippen LogP contribution is -2.13. The minimum Gasteiger partial charge on any atom is -0.494 e. The van der Waals surface area contributed by atoms with Crippen molar-refractivity contribution in [3.8, 4) is 5.88 Å². The van der Waals surface area contributed by atoms with Crippen molar-refractivity contribution in [3.63, 3.8) is 0 Å². The summed E-state index contributed by atoms with van der Waals surface area (Å²) in [5.74, 6) is -0.810. The molecule has 0 aliphatic heterocycles. The van der Waals surface area contributed by atoms with Crippen LogP contribution in [0.5, 0.6) is 5.88 Å². The van der Waals surface area contributed by atoms with Crippen LogP contribution >= 0.6 is 11.6 Å². The first-order chi connectivity index (χ1) is 17.3. The molecule has 1 aromatic heterocycles. The Morgan fingerprint density at radius 1 is 0.972 bits per heavy atom. The molecule has 0 radical (unpaired) electrons. The number of nitrogens with zero attached hydrogens (tertiary/aromatic N) is 2. The van der Waals surface area contributed by atoms with E-state index in [2.05, 4.69) is 36.1 Å². The number of halogens is 1. The molecule has 1 heterocycles. The van der Waals surface area contributed by atoms with Crippen molar-refractivity contribution < 1.29 is 15.0 Å². The molecule has 0 unspecified atom stereocenters. The lowest BCUT2D eigenvalue weighted by Gasteiger charge is -2.10. The molecule has 3 N–H and O–H groups in total. The summed E-state index contributed by atoms with van der Waals surface area (Å²) in [6.45, 7) is 1.04. The van der Waals surface area contributed by atoms with Crippen molar-refractivity contribution >= 4 is 39.9 Å². The maximum Gasteiger partial charge on any atom is 0.303 e. The number of benzene rings is 3. The number of hydrogen-bond acceptors (Lipinski definition) is 4. The van der Waals surface area contributed by atoms with E-state index in [9.17, 15) is 9.90 Å². The van der Waals surface area contributed by atoms with E-state index >= 15 is 0 Å². The van der Waals surface area contributed by atoms with Gasteiger partial charge in [-0.1, -0.05) is 54.1 Å². The maximum atomic E-state index is 10.9. The summed E-state index contributed by atoms with van der Waals surface area (Å²) < 4.78 is 0. The predicted molar refractivity (Wildman–Crippen MR) is 146 cm³/mol. The number of nitrogens with one attached hydrogen (secondary N) is 1. The van der Waals surface area contributed by atoms with E-state index < -0.39 is 5.97 Å². The van der Waals surface area contributed by atoms with Crippen molar-refractivity contribution in [2.75, 3.05) is 20.6 Å². The zero-order chi connectivity index (χ0) is 25.7. The number of rotatable bonds is 10. The molecular weight excluding hydrogens is 474 g/mol. The molecule has 0 saturated heterocycles. The highest BCUT2D eigenvalue weighted by Crippen LogP contribution is 2.33. The quantitative estimate of drug-likeness (QED) is 0.224. The van der Waals surface area contributed by atoms with Crippen molar-refractivity contribution in [3.05, 3.63) is 94.0 Å². The molecule has 0 saturated carbocycles. The van der Waals surface area contributed by atoms with Crippen molar-refractivity contribution in [1.82, 2.24) is 9.88 Å².